The second kappa shape index (κ2) is 11.6. The number of rotatable bonds is 9. The Morgan fingerprint density at radius 1 is 1.27 bits per heavy atom. The molecule has 11 nitrogen and oxygen atoms in total. The number of carboxylic acid groups (broad SMARTS) is 1. The summed E-state index contributed by atoms with van der Waals surface area (Å²) in [5, 5.41) is 16.1. The quantitative estimate of drug-likeness (QED) is 0.317. The molecule has 4 aliphatic heterocycles. The minimum Gasteiger partial charge on any atom is -0.477 e. The second-order valence-corrected chi connectivity index (χ2v) is 13.1. The zero-order chi connectivity index (χ0) is 29.6. The van der Waals surface area contributed by atoms with Crippen LogP contribution in [0.25, 0.3) is 0 Å². The molecular weight excluding hydrogens is 546 g/mol. The molecule has 3 saturated heterocycles. The second-order valence-electron chi connectivity index (χ2n) is 11.7. The summed E-state index contributed by atoms with van der Waals surface area (Å²) < 4.78 is 0. The summed E-state index contributed by atoms with van der Waals surface area (Å²) >= 11 is 1.42. The van der Waals surface area contributed by atoms with E-state index in [-0.39, 0.29) is 70.7 Å². The number of hydrogen-bond acceptors (Lipinski definition) is 8. The van der Waals surface area contributed by atoms with Gasteiger partial charge in [-0.1, -0.05) is 19.9 Å². The minimum absolute atomic E-state index is 0.00594. The number of Topliss-reactive ketones (excluding diaryl/α,β-unsaturated/α-hetero) is 1. The van der Waals surface area contributed by atoms with Crippen molar-refractivity contribution in [2.45, 2.75) is 63.4 Å². The van der Waals surface area contributed by atoms with Crippen molar-refractivity contribution >= 4 is 46.9 Å². The van der Waals surface area contributed by atoms with Gasteiger partial charge in [-0.3, -0.25) is 14.4 Å². The van der Waals surface area contributed by atoms with Crippen molar-refractivity contribution in [2.24, 2.45) is 23.5 Å². The van der Waals surface area contributed by atoms with E-state index in [0.717, 1.165) is 6.42 Å². The van der Waals surface area contributed by atoms with E-state index in [0.29, 0.717) is 42.2 Å². The van der Waals surface area contributed by atoms with Gasteiger partial charge in [0, 0.05) is 59.4 Å². The Kier molecular flexibility index (Phi) is 8.27. The van der Waals surface area contributed by atoms with Crippen LogP contribution in [0.3, 0.4) is 0 Å². The van der Waals surface area contributed by atoms with Gasteiger partial charge in [-0.15, -0.1) is 11.8 Å². The largest absolute Gasteiger partial charge is 0.477 e. The number of carbonyl (C=O) groups excluding carboxylic acids is 4. The number of nitrogens with one attached hydrogen (secondary N) is 2. The minimum atomic E-state index is -1.14. The monoisotopic (exact) mass is 583 g/mol. The van der Waals surface area contributed by atoms with Crippen molar-refractivity contribution < 1.29 is 29.1 Å². The number of nitrogens with two attached hydrogens (primary N) is 1. The van der Waals surface area contributed by atoms with Crippen LogP contribution in [0.5, 0.6) is 0 Å². The van der Waals surface area contributed by atoms with Crippen molar-refractivity contribution in [1.29, 1.82) is 0 Å². The van der Waals surface area contributed by atoms with Crippen LogP contribution in [-0.2, 0) is 19.2 Å². The first kappa shape index (κ1) is 29.3. The van der Waals surface area contributed by atoms with Crippen LogP contribution in [-0.4, -0.2) is 87.4 Å². The normalized spacial score (nSPS) is 29.8. The van der Waals surface area contributed by atoms with Crippen molar-refractivity contribution in [1.82, 2.24) is 15.1 Å². The van der Waals surface area contributed by atoms with Gasteiger partial charge in [0.2, 0.25) is 11.8 Å². The van der Waals surface area contributed by atoms with Crippen LogP contribution >= 0.6 is 11.8 Å². The lowest BCUT2D eigenvalue weighted by Crippen LogP contribution is -2.62. The molecule has 7 atom stereocenters. The van der Waals surface area contributed by atoms with Gasteiger partial charge in [0.1, 0.15) is 11.5 Å². The van der Waals surface area contributed by atoms with E-state index in [9.17, 15) is 29.1 Å². The van der Waals surface area contributed by atoms with Gasteiger partial charge in [-0.25, -0.2) is 4.79 Å². The van der Waals surface area contributed by atoms with Crippen molar-refractivity contribution in [3.63, 3.8) is 0 Å². The third kappa shape index (κ3) is 5.64. The lowest BCUT2D eigenvalue weighted by Gasteiger charge is -2.47. The standard InChI is InChI=1S/C29H37N5O6S/c1-14(9-15(2)35)22-23-16(3)25(24(29(39)40)34(23)28(22)38)41-20-11-21(31-12-20)26(36)32-19-6-4-5-17(10-19)27(37)33-8-7-18(30)13-33/h4-6,10,14,16,18,20-23,31H,7-9,11-13,30H2,1-3H3,(H,32,36)(H,39,40)/t14-,16+,18+,20-,21-,22+,23+/m0/s1. The number of amides is 3. The Labute approximate surface area is 243 Å². The summed E-state index contributed by atoms with van der Waals surface area (Å²) in [6, 6.07) is 6.08. The summed E-state index contributed by atoms with van der Waals surface area (Å²) in [6.07, 6.45) is 1.53. The number of fused-ring (bicyclic) bond motifs is 1. The number of anilines is 1. The molecule has 220 valence electrons. The number of benzene rings is 1. The summed E-state index contributed by atoms with van der Waals surface area (Å²) in [6.45, 7) is 6.94. The summed E-state index contributed by atoms with van der Waals surface area (Å²) in [7, 11) is 0. The van der Waals surface area contributed by atoms with E-state index in [1.165, 1.54) is 23.6 Å². The highest BCUT2D eigenvalue weighted by atomic mass is 32.2. The zero-order valence-electron chi connectivity index (χ0n) is 23.5. The van der Waals surface area contributed by atoms with Gasteiger partial charge in [0.05, 0.1) is 18.0 Å². The van der Waals surface area contributed by atoms with Crippen LogP contribution in [0.15, 0.2) is 34.9 Å². The third-order valence-corrected chi connectivity index (χ3v) is 10.1. The lowest BCUT2D eigenvalue weighted by atomic mass is 9.73. The molecule has 0 aromatic heterocycles. The van der Waals surface area contributed by atoms with Gasteiger partial charge >= 0.3 is 5.97 Å². The molecule has 0 unspecified atom stereocenters. The number of likely N-dealkylation sites (tertiary alicyclic amines) is 1. The van der Waals surface area contributed by atoms with Gasteiger partial charge in [-0.2, -0.15) is 0 Å². The number of carboxylic acids is 1. The highest BCUT2D eigenvalue weighted by Gasteiger charge is 2.60. The molecule has 0 saturated carbocycles. The number of β-lactam (4-membered cyclic amide) rings is 1. The number of thioether (sulfide) groups is 1. The molecule has 41 heavy (non-hydrogen) atoms. The zero-order valence-corrected chi connectivity index (χ0v) is 24.3. The first-order valence-corrected chi connectivity index (χ1v) is 15.0. The van der Waals surface area contributed by atoms with Crippen molar-refractivity contribution in [2.75, 3.05) is 25.0 Å². The predicted octanol–water partition coefficient (Wildman–Crippen LogP) is 1.65. The molecule has 5 N–H and O–H groups in total. The van der Waals surface area contributed by atoms with Crippen LogP contribution in [0.4, 0.5) is 5.69 Å². The molecule has 4 aliphatic rings. The van der Waals surface area contributed by atoms with Gasteiger partial charge in [0.25, 0.3) is 5.91 Å². The first-order chi connectivity index (χ1) is 19.5. The first-order valence-electron chi connectivity index (χ1n) is 14.1. The van der Waals surface area contributed by atoms with E-state index in [2.05, 4.69) is 10.6 Å². The molecule has 4 heterocycles. The predicted molar refractivity (Wildman–Crippen MR) is 154 cm³/mol. The van der Waals surface area contributed by atoms with E-state index in [1.807, 2.05) is 13.8 Å². The van der Waals surface area contributed by atoms with E-state index in [4.69, 9.17) is 5.73 Å². The molecule has 3 fully saturated rings. The maximum absolute atomic E-state index is 13.1. The van der Waals surface area contributed by atoms with E-state index < -0.39 is 12.0 Å². The number of ketones is 1. The lowest BCUT2D eigenvalue weighted by molar-refractivity contribution is -0.160. The number of aliphatic carboxylic acids is 1. The van der Waals surface area contributed by atoms with Gasteiger partial charge < -0.3 is 36.1 Å². The average Bonchev–Trinajstić information content (AvgIpc) is 3.61. The molecule has 0 radical (unpaired) electrons. The van der Waals surface area contributed by atoms with Crippen LogP contribution in [0.1, 0.15) is 50.4 Å². The Bertz CT molecular complexity index is 1320. The fourth-order valence-electron chi connectivity index (χ4n) is 6.63. The van der Waals surface area contributed by atoms with Gasteiger partial charge in [-0.05, 0) is 43.9 Å². The Morgan fingerprint density at radius 2 is 2.02 bits per heavy atom. The number of hydrogen-bond donors (Lipinski definition) is 4. The van der Waals surface area contributed by atoms with E-state index >= 15 is 0 Å². The number of carbonyl (C=O) groups is 5. The smallest absolute Gasteiger partial charge is 0.353 e. The average molecular weight is 584 g/mol. The fraction of sp³-hybridized carbons (Fsp3) is 0.552. The molecule has 0 bridgehead atoms. The molecule has 5 rings (SSSR count). The number of nitrogens with zero attached hydrogens (tertiary/aromatic N) is 2. The Morgan fingerprint density at radius 3 is 2.68 bits per heavy atom. The van der Waals surface area contributed by atoms with Crippen LogP contribution in [0, 0.1) is 17.8 Å². The topological polar surface area (TPSA) is 162 Å². The highest BCUT2D eigenvalue weighted by Crippen LogP contribution is 2.53. The maximum atomic E-state index is 13.1. The molecule has 3 amide bonds. The van der Waals surface area contributed by atoms with Crippen LogP contribution in [0.2, 0.25) is 0 Å². The molecule has 1 aromatic carbocycles. The molecule has 0 aliphatic carbocycles. The molecule has 1 aromatic rings. The van der Waals surface area contributed by atoms with Crippen molar-refractivity contribution in [3.05, 3.63) is 40.4 Å². The summed E-state index contributed by atoms with van der Waals surface area (Å²) in [5.74, 6) is -2.44. The molecule has 0 spiro atoms. The third-order valence-electron chi connectivity index (χ3n) is 8.60. The fourth-order valence-corrected chi connectivity index (χ4v) is 8.11. The molecule has 12 heteroatoms. The SMILES string of the molecule is CC(=O)C[C@H](C)[C@H]1C(=O)N2C(C(=O)O)=C(S[C@@H]3CN[C@H](C(=O)Nc4cccc(C(=O)N5CC[C@@H](N)C5)c4)C3)[C@H](C)[C@H]12. The van der Waals surface area contributed by atoms with Crippen molar-refractivity contribution in [3.8, 4) is 0 Å². The van der Waals surface area contributed by atoms with Crippen LogP contribution < -0.4 is 16.4 Å². The summed E-state index contributed by atoms with van der Waals surface area (Å²) in [4.78, 5) is 66.6. The highest BCUT2D eigenvalue weighted by molar-refractivity contribution is 8.03. The maximum Gasteiger partial charge on any atom is 0.353 e. The van der Waals surface area contributed by atoms with Gasteiger partial charge in [0.15, 0.2) is 0 Å². The Balaban J connectivity index is 1.21. The van der Waals surface area contributed by atoms with E-state index in [1.54, 1.807) is 29.2 Å². The molecular formula is C29H37N5O6S. The Hall–Kier alpha value is -3.22. The summed E-state index contributed by atoms with van der Waals surface area (Å²) in [5.41, 5.74) is 6.97.